The van der Waals surface area contributed by atoms with Crippen molar-refractivity contribution in [3.63, 3.8) is 0 Å². The van der Waals surface area contributed by atoms with Gasteiger partial charge in [-0.25, -0.2) is 13.2 Å². The van der Waals surface area contributed by atoms with Crippen molar-refractivity contribution in [3.8, 4) is 0 Å². The molecular weight excluding hydrogens is 239 g/mol. The summed E-state index contributed by atoms with van der Waals surface area (Å²) in [5, 5.41) is 19.4. The molecule has 4 nitrogen and oxygen atoms in total. The molecule has 0 aliphatic heterocycles. The molecule has 0 aliphatic rings. The molecule has 94 valence electrons. The van der Waals surface area contributed by atoms with Crippen molar-refractivity contribution in [3.05, 3.63) is 35.1 Å². The molecule has 0 saturated heterocycles. The minimum absolute atomic E-state index is 0.366. The van der Waals surface area contributed by atoms with E-state index in [0.717, 1.165) is 0 Å². The zero-order chi connectivity index (χ0) is 13.0. The van der Waals surface area contributed by atoms with Crippen LogP contribution in [0.4, 0.5) is 13.2 Å². The lowest BCUT2D eigenvalue weighted by molar-refractivity contribution is 0.0870. The van der Waals surface area contributed by atoms with Crippen LogP contribution in [0.5, 0.6) is 0 Å². The first-order chi connectivity index (χ1) is 7.99. The van der Waals surface area contributed by atoms with E-state index in [2.05, 4.69) is 0 Å². The maximum Gasteiger partial charge on any atom is 0.257 e. The maximum atomic E-state index is 13.2. The molecule has 0 saturated carbocycles. The minimum atomic E-state index is -1.35. The molecule has 0 radical (unpaired) electrons. The lowest BCUT2D eigenvalue weighted by Crippen LogP contribution is -2.40. The van der Waals surface area contributed by atoms with Gasteiger partial charge in [0.15, 0.2) is 0 Å². The fourth-order valence-corrected chi connectivity index (χ4v) is 1.17. The summed E-state index contributed by atoms with van der Waals surface area (Å²) < 4.78 is 38.9. The van der Waals surface area contributed by atoms with Gasteiger partial charge in [-0.3, -0.25) is 4.79 Å². The first-order valence-electron chi connectivity index (χ1n) is 4.66. The highest BCUT2D eigenvalue weighted by molar-refractivity contribution is 5.94. The number of hydrogen-bond acceptors (Lipinski definition) is 3. The predicted molar refractivity (Wildman–Crippen MR) is 51.7 cm³/mol. The van der Waals surface area contributed by atoms with Crippen LogP contribution < -0.4 is 5.32 Å². The summed E-state index contributed by atoms with van der Waals surface area (Å²) in [6.45, 7) is -1.18. The van der Waals surface area contributed by atoms with Crippen LogP contribution >= 0.6 is 0 Å². The summed E-state index contributed by atoms with van der Waals surface area (Å²) in [5.74, 6) is -5.02. The molecule has 0 atom stereocenters. The molecule has 17 heavy (non-hydrogen) atoms. The zero-order valence-electron chi connectivity index (χ0n) is 8.58. The Morgan fingerprint density at radius 3 is 2.06 bits per heavy atom. The van der Waals surface area contributed by atoms with Crippen LogP contribution in [0.3, 0.4) is 0 Å². The zero-order valence-corrected chi connectivity index (χ0v) is 8.58. The molecular formula is C10H10F3NO3. The highest BCUT2D eigenvalue weighted by atomic mass is 19.1. The number of carbonyl (C=O) groups is 1. The van der Waals surface area contributed by atoms with Gasteiger partial charge >= 0.3 is 0 Å². The van der Waals surface area contributed by atoms with Gasteiger partial charge in [-0.15, -0.1) is 0 Å². The largest absolute Gasteiger partial charge is 0.394 e. The van der Waals surface area contributed by atoms with Crippen molar-refractivity contribution in [2.45, 2.75) is 6.04 Å². The van der Waals surface area contributed by atoms with E-state index in [1.54, 1.807) is 0 Å². The van der Waals surface area contributed by atoms with Crippen LogP contribution in [0.15, 0.2) is 12.1 Å². The fourth-order valence-electron chi connectivity index (χ4n) is 1.17. The third-order valence-corrected chi connectivity index (χ3v) is 2.01. The highest BCUT2D eigenvalue weighted by Gasteiger charge is 2.21. The van der Waals surface area contributed by atoms with E-state index in [0.29, 0.717) is 12.1 Å². The molecule has 1 aromatic rings. The van der Waals surface area contributed by atoms with E-state index in [9.17, 15) is 18.0 Å². The molecule has 3 N–H and O–H groups in total. The van der Waals surface area contributed by atoms with Gasteiger partial charge in [0.2, 0.25) is 0 Å². The number of aliphatic hydroxyl groups is 2. The normalized spacial score (nSPS) is 10.7. The molecule has 1 amide bonds. The quantitative estimate of drug-likeness (QED) is 0.713. The molecule has 1 aromatic carbocycles. The monoisotopic (exact) mass is 249 g/mol. The smallest absolute Gasteiger partial charge is 0.257 e. The summed E-state index contributed by atoms with van der Waals surface area (Å²) in [4.78, 5) is 11.4. The third kappa shape index (κ3) is 3.18. The van der Waals surface area contributed by atoms with Gasteiger partial charge in [0.05, 0.1) is 19.3 Å². The fraction of sp³-hybridized carbons (Fsp3) is 0.300. The van der Waals surface area contributed by atoms with Crippen LogP contribution in [0.1, 0.15) is 10.4 Å². The average molecular weight is 249 g/mol. The van der Waals surface area contributed by atoms with Crippen molar-refractivity contribution < 1.29 is 28.2 Å². The highest BCUT2D eigenvalue weighted by Crippen LogP contribution is 2.14. The topological polar surface area (TPSA) is 69.6 Å². The van der Waals surface area contributed by atoms with Crippen LogP contribution in [-0.4, -0.2) is 35.4 Å². The molecule has 0 unspecified atom stereocenters. The number of nitrogens with one attached hydrogen (secondary N) is 1. The Kier molecular flexibility index (Phi) is 4.47. The van der Waals surface area contributed by atoms with Gasteiger partial charge in [-0.05, 0) is 0 Å². The number of carbonyl (C=O) groups excluding carboxylic acids is 1. The Bertz CT molecular complexity index is 398. The number of rotatable bonds is 4. The number of benzene rings is 1. The van der Waals surface area contributed by atoms with Crippen molar-refractivity contribution >= 4 is 5.91 Å². The Balaban J connectivity index is 2.96. The Morgan fingerprint density at radius 2 is 1.65 bits per heavy atom. The van der Waals surface area contributed by atoms with Crippen LogP contribution in [0.2, 0.25) is 0 Å². The molecule has 0 spiro atoms. The number of amides is 1. The summed E-state index contributed by atoms with van der Waals surface area (Å²) in [7, 11) is 0. The second-order valence-electron chi connectivity index (χ2n) is 3.28. The van der Waals surface area contributed by atoms with Gasteiger partial charge in [0, 0.05) is 12.1 Å². The van der Waals surface area contributed by atoms with Gasteiger partial charge < -0.3 is 15.5 Å². The first kappa shape index (κ1) is 13.5. The molecule has 0 aromatic heterocycles. The van der Waals surface area contributed by atoms with E-state index in [-0.39, 0.29) is 0 Å². The van der Waals surface area contributed by atoms with Crippen molar-refractivity contribution in [2.75, 3.05) is 13.2 Å². The second kappa shape index (κ2) is 5.65. The van der Waals surface area contributed by atoms with Gasteiger partial charge in [0.25, 0.3) is 5.91 Å². The van der Waals surface area contributed by atoms with Gasteiger partial charge in [0.1, 0.15) is 23.0 Å². The number of aliphatic hydroxyl groups excluding tert-OH is 2. The van der Waals surface area contributed by atoms with Crippen LogP contribution in [0.25, 0.3) is 0 Å². The average Bonchev–Trinajstić information content (AvgIpc) is 2.24. The lowest BCUT2D eigenvalue weighted by atomic mass is 10.1. The van der Waals surface area contributed by atoms with Crippen molar-refractivity contribution in [1.29, 1.82) is 0 Å². The van der Waals surface area contributed by atoms with Crippen LogP contribution in [-0.2, 0) is 0 Å². The van der Waals surface area contributed by atoms with Crippen LogP contribution in [0, 0.1) is 17.5 Å². The van der Waals surface area contributed by atoms with E-state index < -0.39 is 48.2 Å². The first-order valence-corrected chi connectivity index (χ1v) is 4.66. The van der Waals surface area contributed by atoms with E-state index in [4.69, 9.17) is 10.2 Å². The van der Waals surface area contributed by atoms with E-state index in [1.165, 1.54) is 0 Å². The Hall–Kier alpha value is -1.60. The third-order valence-electron chi connectivity index (χ3n) is 2.01. The number of hydrogen-bond donors (Lipinski definition) is 3. The summed E-state index contributed by atoms with van der Waals surface area (Å²) in [6, 6.07) is -0.304. The van der Waals surface area contributed by atoms with Crippen molar-refractivity contribution in [2.24, 2.45) is 0 Å². The predicted octanol–water partition coefficient (Wildman–Crippen LogP) is 0.187. The summed E-state index contributed by atoms with van der Waals surface area (Å²) in [5.41, 5.74) is -0.960. The second-order valence-corrected chi connectivity index (χ2v) is 3.28. The SMILES string of the molecule is O=C(NC(CO)CO)c1c(F)cc(F)cc1F. The van der Waals surface area contributed by atoms with E-state index in [1.807, 2.05) is 5.32 Å². The lowest BCUT2D eigenvalue weighted by Gasteiger charge is -2.13. The number of halogens is 3. The molecule has 0 heterocycles. The molecule has 0 fully saturated rings. The molecule has 1 rings (SSSR count). The maximum absolute atomic E-state index is 13.2. The van der Waals surface area contributed by atoms with Gasteiger partial charge in [-0.2, -0.15) is 0 Å². The standard InChI is InChI=1S/C10H10F3NO3/c11-5-1-7(12)9(8(13)2-5)10(17)14-6(3-15)4-16/h1-2,6,15-16H,3-4H2,(H,14,17). The Labute approximate surface area is 94.7 Å². The minimum Gasteiger partial charge on any atom is -0.394 e. The van der Waals surface area contributed by atoms with E-state index >= 15 is 0 Å². The summed E-state index contributed by atoms with van der Waals surface area (Å²) >= 11 is 0. The van der Waals surface area contributed by atoms with Gasteiger partial charge in [-0.1, -0.05) is 0 Å². The molecule has 0 aliphatic carbocycles. The summed E-state index contributed by atoms with van der Waals surface area (Å²) in [6.07, 6.45) is 0. The molecule has 0 bridgehead atoms. The van der Waals surface area contributed by atoms with Crippen molar-refractivity contribution in [1.82, 2.24) is 5.32 Å². The molecule has 7 heteroatoms. The Morgan fingerprint density at radius 1 is 1.18 bits per heavy atom.